The summed E-state index contributed by atoms with van der Waals surface area (Å²) in [5.41, 5.74) is 2.26. The zero-order valence-electron chi connectivity index (χ0n) is 12.1. The number of benzene rings is 1. The number of piperidine rings is 1. The summed E-state index contributed by atoms with van der Waals surface area (Å²) in [7, 11) is 0. The summed E-state index contributed by atoms with van der Waals surface area (Å²) in [6, 6.07) is 7.30. The summed E-state index contributed by atoms with van der Waals surface area (Å²) in [5.74, 6) is 0.0840. The van der Waals surface area contributed by atoms with Gasteiger partial charge in [-0.2, -0.15) is 0 Å². The molecule has 2 aliphatic rings. The van der Waals surface area contributed by atoms with Crippen molar-refractivity contribution in [2.75, 3.05) is 13.1 Å². The highest BCUT2D eigenvalue weighted by Gasteiger charge is 2.43. The number of likely N-dealkylation sites (tertiary alicyclic amines) is 1. The van der Waals surface area contributed by atoms with Crippen LogP contribution in [0.1, 0.15) is 48.5 Å². The molecule has 1 aromatic rings. The summed E-state index contributed by atoms with van der Waals surface area (Å²) in [6.45, 7) is 5.69. The highest BCUT2D eigenvalue weighted by Crippen LogP contribution is 2.52. The van der Waals surface area contributed by atoms with Gasteiger partial charge in [0.25, 0.3) is 0 Å². The van der Waals surface area contributed by atoms with Crippen molar-refractivity contribution in [1.82, 2.24) is 4.90 Å². The maximum absolute atomic E-state index is 10.8. The first-order valence-electron chi connectivity index (χ1n) is 7.61. The number of carboxylic acid groups (broad SMARTS) is 1. The van der Waals surface area contributed by atoms with E-state index >= 15 is 0 Å². The molecule has 1 N–H and O–H groups in total. The third kappa shape index (κ3) is 2.73. The van der Waals surface area contributed by atoms with Gasteiger partial charge in [0.05, 0.1) is 5.56 Å². The van der Waals surface area contributed by atoms with Crippen molar-refractivity contribution in [2.45, 2.75) is 39.2 Å². The van der Waals surface area contributed by atoms with Crippen molar-refractivity contribution >= 4 is 5.97 Å². The predicted octanol–water partition coefficient (Wildman–Crippen LogP) is 3.40. The van der Waals surface area contributed by atoms with Crippen molar-refractivity contribution in [3.8, 4) is 0 Å². The van der Waals surface area contributed by atoms with E-state index in [1.807, 2.05) is 12.1 Å². The van der Waals surface area contributed by atoms with Crippen LogP contribution in [-0.2, 0) is 6.54 Å². The lowest BCUT2D eigenvalue weighted by atomic mass is 9.58. The van der Waals surface area contributed by atoms with Crippen LogP contribution in [0.2, 0.25) is 0 Å². The van der Waals surface area contributed by atoms with Gasteiger partial charge in [-0.25, -0.2) is 4.79 Å². The van der Waals surface area contributed by atoms with Gasteiger partial charge in [0.15, 0.2) is 0 Å². The zero-order chi connectivity index (χ0) is 14.2. The van der Waals surface area contributed by atoms with E-state index in [0.717, 1.165) is 12.5 Å². The maximum atomic E-state index is 10.8. The number of carboxylic acids is 1. The Labute approximate surface area is 120 Å². The Bertz CT molecular complexity index is 478. The lowest BCUT2D eigenvalue weighted by Crippen LogP contribution is -2.46. The lowest BCUT2D eigenvalue weighted by molar-refractivity contribution is -0.00794. The van der Waals surface area contributed by atoms with Crippen LogP contribution in [0.3, 0.4) is 0 Å². The van der Waals surface area contributed by atoms with Gasteiger partial charge >= 0.3 is 5.97 Å². The molecule has 108 valence electrons. The van der Waals surface area contributed by atoms with Crippen LogP contribution in [0.25, 0.3) is 0 Å². The highest BCUT2D eigenvalue weighted by atomic mass is 16.4. The third-order valence-electron chi connectivity index (χ3n) is 5.09. The van der Waals surface area contributed by atoms with Gasteiger partial charge in [-0.3, -0.25) is 4.90 Å². The number of hydrogen-bond donors (Lipinski definition) is 1. The molecule has 1 aliphatic heterocycles. The van der Waals surface area contributed by atoms with Crippen LogP contribution >= 0.6 is 0 Å². The fourth-order valence-corrected chi connectivity index (χ4v) is 4.02. The molecule has 2 fully saturated rings. The summed E-state index contributed by atoms with van der Waals surface area (Å²) in [5, 5.41) is 8.90. The Morgan fingerprint density at radius 3 is 2.35 bits per heavy atom. The van der Waals surface area contributed by atoms with Crippen LogP contribution < -0.4 is 0 Å². The predicted molar refractivity (Wildman–Crippen MR) is 78.7 cm³/mol. The van der Waals surface area contributed by atoms with Gasteiger partial charge < -0.3 is 5.11 Å². The van der Waals surface area contributed by atoms with E-state index in [4.69, 9.17) is 5.11 Å². The minimum atomic E-state index is -0.851. The molecular weight excluding hydrogens is 250 g/mol. The van der Waals surface area contributed by atoms with E-state index < -0.39 is 5.97 Å². The fourth-order valence-electron chi connectivity index (χ4n) is 4.02. The molecule has 20 heavy (non-hydrogen) atoms. The molecule has 0 amide bonds. The topological polar surface area (TPSA) is 40.5 Å². The fraction of sp³-hybridized carbons (Fsp3) is 0.588. The Kier molecular flexibility index (Phi) is 3.55. The molecule has 0 atom stereocenters. The number of hydrogen-bond acceptors (Lipinski definition) is 2. The van der Waals surface area contributed by atoms with Crippen molar-refractivity contribution in [2.24, 2.45) is 11.3 Å². The van der Waals surface area contributed by atoms with Crippen molar-refractivity contribution in [3.05, 3.63) is 35.4 Å². The first kappa shape index (κ1) is 13.6. The molecule has 1 saturated carbocycles. The molecule has 1 aromatic carbocycles. The van der Waals surface area contributed by atoms with E-state index in [-0.39, 0.29) is 0 Å². The largest absolute Gasteiger partial charge is 0.478 e. The van der Waals surface area contributed by atoms with Crippen LogP contribution in [0.5, 0.6) is 0 Å². The minimum absolute atomic E-state index is 0.370. The second-order valence-electron chi connectivity index (χ2n) is 6.79. The first-order chi connectivity index (χ1) is 9.56. The molecule has 3 rings (SSSR count). The Balaban J connectivity index is 1.53. The Morgan fingerprint density at radius 2 is 1.85 bits per heavy atom. The average molecular weight is 273 g/mol. The third-order valence-corrected chi connectivity index (χ3v) is 5.09. The van der Waals surface area contributed by atoms with E-state index in [9.17, 15) is 4.79 Å². The summed E-state index contributed by atoms with van der Waals surface area (Å²) in [4.78, 5) is 13.3. The highest BCUT2D eigenvalue weighted by molar-refractivity contribution is 5.87. The van der Waals surface area contributed by atoms with E-state index in [1.165, 1.54) is 44.3 Å². The number of carbonyl (C=O) groups is 1. The van der Waals surface area contributed by atoms with E-state index in [2.05, 4.69) is 11.8 Å². The summed E-state index contributed by atoms with van der Waals surface area (Å²) < 4.78 is 0. The molecule has 1 aliphatic carbocycles. The van der Waals surface area contributed by atoms with Gasteiger partial charge in [-0.15, -0.1) is 0 Å². The number of rotatable bonds is 3. The van der Waals surface area contributed by atoms with Gasteiger partial charge in [0.2, 0.25) is 0 Å². The second kappa shape index (κ2) is 5.21. The Morgan fingerprint density at radius 1 is 1.25 bits per heavy atom. The molecule has 3 heteroatoms. The number of aromatic carboxylic acids is 1. The van der Waals surface area contributed by atoms with Crippen LogP contribution in [-0.4, -0.2) is 29.1 Å². The standard InChI is InChI=1S/C17H23NO2/c1-13-10-17(11-13)6-8-18(9-7-17)12-14-2-4-15(5-3-14)16(19)20/h2-5,13H,6-12H2,1H3,(H,19,20). The quantitative estimate of drug-likeness (QED) is 0.917. The lowest BCUT2D eigenvalue weighted by Gasteiger charge is -2.51. The van der Waals surface area contributed by atoms with E-state index in [1.54, 1.807) is 12.1 Å². The smallest absolute Gasteiger partial charge is 0.335 e. The van der Waals surface area contributed by atoms with Crippen molar-refractivity contribution in [1.29, 1.82) is 0 Å². The van der Waals surface area contributed by atoms with Gasteiger partial charge in [-0.1, -0.05) is 19.1 Å². The molecule has 0 aromatic heterocycles. The molecule has 1 heterocycles. The zero-order valence-corrected chi connectivity index (χ0v) is 12.1. The van der Waals surface area contributed by atoms with Gasteiger partial charge in [0.1, 0.15) is 0 Å². The minimum Gasteiger partial charge on any atom is -0.478 e. The molecule has 1 spiro atoms. The van der Waals surface area contributed by atoms with Gasteiger partial charge in [-0.05, 0) is 67.8 Å². The average Bonchev–Trinajstić information content (AvgIpc) is 2.40. The molecule has 3 nitrogen and oxygen atoms in total. The van der Waals surface area contributed by atoms with Crippen molar-refractivity contribution in [3.63, 3.8) is 0 Å². The van der Waals surface area contributed by atoms with E-state index in [0.29, 0.717) is 11.0 Å². The Hall–Kier alpha value is -1.35. The first-order valence-corrected chi connectivity index (χ1v) is 7.61. The summed E-state index contributed by atoms with van der Waals surface area (Å²) >= 11 is 0. The normalized spacial score (nSPS) is 22.6. The molecule has 0 bridgehead atoms. The molecular formula is C17H23NO2. The second-order valence-corrected chi connectivity index (χ2v) is 6.79. The summed E-state index contributed by atoms with van der Waals surface area (Å²) in [6.07, 6.45) is 5.53. The van der Waals surface area contributed by atoms with Crippen LogP contribution in [0.15, 0.2) is 24.3 Å². The van der Waals surface area contributed by atoms with Crippen LogP contribution in [0, 0.1) is 11.3 Å². The monoisotopic (exact) mass is 273 g/mol. The maximum Gasteiger partial charge on any atom is 0.335 e. The van der Waals surface area contributed by atoms with Crippen molar-refractivity contribution < 1.29 is 9.90 Å². The molecule has 0 radical (unpaired) electrons. The molecule has 1 saturated heterocycles. The molecule has 0 unspecified atom stereocenters. The SMILES string of the molecule is CC1CC2(CCN(Cc3ccc(C(=O)O)cc3)CC2)C1. The number of nitrogens with zero attached hydrogens (tertiary/aromatic N) is 1. The van der Waals surface area contributed by atoms with Crippen LogP contribution in [0.4, 0.5) is 0 Å². The van der Waals surface area contributed by atoms with Gasteiger partial charge in [0, 0.05) is 6.54 Å².